The first-order valence-corrected chi connectivity index (χ1v) is 8.42. The maximum atomic E-state index is 9.60. The fourth-order valence-electron chi connectivity index (χ4n) is 2.90. The van der Waals surface area contributed by atoms with E-state index in [0.29, 0.717) is 21.5 Å². The van der Waals surface area contributed by atoms with E-state index >= 15 is 0 Å². The second-order valence-electron chi connectivity index (χ2n) is 5.62. The second-order valence-corrected chi connectivity index (χ2v) is 6.46. The number of allylic oxidation sites excluding steroid dienone is 1. The van der Waals surface area contributed by atoms with E-state index < -0.39 is 5.92 Å². The molecule has 0 fully saturated rings. The molecule has 3 rings (SSSR count). The Bertz CT molecular complexity index is 851. The smallest absolute Gasteiger partial charge is 0.244 e. The number of nitrogens with zero attached hydrogens (tertiary/aromatic N) is 2. The molecule has 3 N–H and O–H groups in total. The van der Waals surface area contributed by atoms with Crippen molar-refractivity contribution in [2.45, 2.75) is 32.1 Å². The summed E-state index contributed by atoms with van der Waals surface area (Å²) in [6.45, 7) is 2.12. The van der Waals surface area contributed by atoms with E-state index in [1.54, 1.807) is 12.1 Å². The first-order chi connectivity index (χ1) is 11.6. The average molecular weight is 363 g/mol. The molecule has 1 aliphatic rings. The van der Waals surface area contributed by atoms with E-state index in [-0.39, 0.29) is 5.88 Å². The number of benzene rings is 1. The van der Waals surface area contributed by atoms with E-state index in [1.807, 2.05) is 6.07 Å². The molecule has 1 aromatic heterocycles. The van der Waals surface area contributed by atoms with Gasteiger partial charge in [0, 0.05) is 15.7 Å². The van der Waals surface area contributed by atoms with Crippen molar-refractivity contribution in [2.24, 2.45) is 5.73 Å². The zero-order valence-corrected chi connectivity index (χ0v) is 14.6. The van der Waals surface area contributed by atoms with Crippen molar-refractivity contribution < 1.29 is 4.74 Å². The van der Waals surface area contributed by atoms with Crippen LogP contribution in [0.15, 0.2) is 29.7 Å². The quantitative estimate of drug-likeness (QED) is 0.849. The van der Waals surface area contributed by atoms with Gasteiger partial charge in [0.05, 0.1) is 11.5 Å². The predicted octanol–water partition coefficient (Wildman–Crippen LogP) is 4.28. The number of nitrogens with two attached hydrogens (primary N) is 1. The molecule has 0 radical (unpaired) electrons. The van der Waals surface area contributed by atoms with Gasteiger partial charge in [-0.1, -0.05) is 42.6 Å². The second kappa shape index (κ2) is 6.76. The highest BCUT2D eigenvalue weighted by atomic mass is 35.5. The normalized spacial score (nSPS) is 16.5. The summed E-state index contributed by atoms with van der Waals surface area (Å²) in [6, 6.07) is 7.37. The zero-order valence-electron chi connectivity index (χ0n) is 13.1. The Morgan fingerprint density at radius 2 is 2.21 bits per heavy atom. The number of fused-ring (bicyclic) bond motifs is 1. The number of unbranched alkanes of at least 4 members (excludes halogenated alkanes) is 1. The van der Waals surface area contributed by atoms with Gasteiger partial charge in [-0.25, -0.2) is 0 Å². The zero-order chi connectivity index (χ0) is 17.3. The van der Waals surface area contributed by atoms with E-state index in [1.165, 1.54) is 0 Å². The number of nitrogens with one attached hydrogen (secondary N) is 1. The van der Waals surface area contributed by atoms with Gasteiger partial charge < -0.3 is 10.5 Å². The number of aromatic nitrogens is 2. The lowest BCUT2D eigenvalue weighted by Crippen LogP contribution is -2.21. The monoisotopic (exact) mass is 362 g/mol. The van der Waals surface area contributed by atoms with Gasteiger partial charge in [0.1, 0.15) is 11.6 Å². The highest BCUT2D eigenvalue weighted by Gasteiger charge is 2.35. The summed E-state index contributed by atoms with van der Waals surface area (Å²) in [5, 5.41) is 17.8. The Labute approximate surface area is 150 Å². The van der Waals surface area contributed by atoms with Crippen LogP contribution in [-0.4, -0.2) is 10.2 Å². The van der Waals surface area contributed by atoms with Gasteiger partial charge in [-0.15, -0.1) is 5.10 Å². The first kappa shape index (κ1) is 16.7. The summed E-state index contributed by atoms with van der Waals surface area (Å²) in [5.41, 5.74) is 8.76. The summed E-state index contributed by atoms with van der Waals surface area (Å²) in [5.74, 6) is 0.0253. The molecule has 0 amide bonds. The maximum absolute atomic E-state index is 9.60. The van der Waals surface area contributed by atoms with Crippen LogP contribution in [0.3, 0.4) is 0 Å². The molecule has 24 heavy (non-hydrogen) atoms. The molecule has 0 saturated heterocycles. The molecule has 1 atom stereocenters. The highest BCUT2D eigenvalue weighted by molar-refractivity contribution is 6.35. The summed E-state index contributed by atoms with van der Waals surface area (Å²) in [4.78, 5) is 0. The van der Waals surface area contributed by atoms with E-state index in [2.05, 4.69) is 23.2 Å². The third-order valence-corrected chi connectivity index (χ3v) is 4.63. The molecule has 0 spiro atoms. The first-order valence-electron chi connectivity index (χ1n) is 7.66. The third kappa shape index (κ3) is 2.83. The number of aromatic amines is 1. The number of rotatable bonds is 4. The predicted molar refractivity (Wildman–Crippen MR) is 93.0 cm³/mol. The third-order valence-electron chi connectivity index (χ3n) is 4.07. The minimum absolute atomic E-state index is 0.0505. The SMILES string of the molecule is CCCCc1[nH]nc2c1[C@@H](c1ccc(Cl)cc1Cl)C(C#N)=C(N)O2. The van der Waals surface area contributed by atoms with E-state index in [9.17, 15) is 5.26 Å². The lowest BCUT2D eigenvalue weighted by molar-refractivity contribution is 0.378. The van der Waals surface area contributed by atoms with Gasteiger partial charge in [-0.3, -0.25) is 5.10 Å². The number of hydrogen-bond acceptors (Lipinski definition) is 4. The fourth-order valence-corrected chi connectivity index (χ4v) is 3.42. The fraction of sp³-hybridized carbons (Fsp3) is 0.294. The number of hydrogen-bond donors (Lipinski definition) is 2. The lowest BCUT2D eigenvalue weighted by atomic mass is 9.83. The molecule has 0 unspecified atom stereocenters. The minimum Gasteiger partial charge on any atom is -0.420 e. The molecule has 2 aromatic rings. The van der Waals surface area contributed by atoms with Crippen LogP contribution in [0.4, 0.5) is 0 Å². The van der Waals surface area contributed by atoms with Gasteiger partial charge in [0.25, 0.3) is 0 Å². The van der Waals surface area contributed by atoms with Crippen LogP contribution < -0.4 is 10.5 Å². The summed E-state index contributed by atoms with van der Waals surface area (Å²) in [6.07, 6.45) is 2.85. The summed E-state index contributed by atoms with van der Waals surface area (Å²) in [7, 11) is 0. The molecule has 124 valence electrons. The molecular formula is C17H16Cl2N4O. The van der Waals surface area contributed by atoms with E-state index in [0.717, 1.165) is 36.1 Å². The van der Waals surface area contributed by atoms with Crippen LogP contribution in [-0.2, 0) is 6.42 Å². The van der Waals surface area contributed by atoms with Crippen molar-refractivity contribution >= 4 is 23.2 Å². The maximum Gasteiger partial charge on any atom is 0.244 e. The van der Waals surface area contributed by atoms with Crippen LogP contribution in [0.2, 0.25) is 10.0 Å². The largest absolute Gasteiger partial charge is 0.420 e. The van der Waals surface area contributed by atoms with Crippen molar-refractivity contribution in [3.63, 3.8) is 0 Å². The summed E-state index contributed by atoms with van der Waals surface area (Å²) < 4.78 is 5.53. The summed E-state index contributed by atoms with van der Waals surface area (Å²) >= 11 is 12.4. The van der Waals surface area contributed by atoms with Gasteiger partial charge in [0.15, 0.2) is 0 Å². The molecule has 0 aliphatic carbocycles. The molecule has 1 aromatic carbocycles. The Hall–Kier alpha value is -2.16. The number of H-pyrrole nitrogens is 1. The Kier molecular flexibility index (Phi) is 4.70. The molecule has 0 bridgehead atoms. The Morgan fingerprint density at radius 3 is 2.88 bits per heavy atom. The highest BCUT2D eigenvalue weighted by Crippen LogP contribution is 2.45. The molecule has 1 aliphatic heterocycles. The van der Waals surface area contributed by atoms with E-state index in [4.69, 9.17) is 33.7 Å². The molecule has 7 heteroatoms. The van der Waals surface area contributed by atoms with Crippen LogP contribution in [0.5, 0.6) is 5.88 Å². The van der Waals surface area contributed by atoms with Crippen molar-refractivity contribution in [1.29, 1.82) is 5.26 Å². The van der Waals surface area contributed by atoms with Crippen LogP contribution >= 0.6 is 23.2 Å². The average Bonchev–Trinajstić information content (AvgIpc) is 2.94. The number of ether oxygens (including phenoxy) is 1. The van der Waals surface area contributed by atoms with Crippen LogP contribution in [0, 0.1) is 11.3 Å². The Balaban J connectivity index is 2.19. The van der Waals surface area contributed by atoms with Crippen molar-refractivity contribution in [3.8, 4) is 11.9 Å². The van der Waals surface area contributed by atoms with Gasteiger partial charge in [-0.2, -0.15) is 5.26 Å². The number of aryl methyl sites for hydroxylation is 1. The minimum atomic E-state index is -0.422. The van der Waals surface area contributed by atoms with Crippen LogP contribution in [0.25, 0.3) is 0 Å². The van der Waals surface area contributed by atoms with Crippen molar-refractivity contribution in [2.75, 3.05) is 0 Å². The lowest BCUT2D eigenvalue weighted by Gasteiger charge is -2.24. The topological polar surface area (TPSA) is 87.7 Å². The molecule has 5 nitrogen and oxygen atoms in total. The van der Waals surface area contributed by atoms with Crippen molar-refractivity contribution in [1.82, 2.24) is 10.2 Å². The molecular weight excluding hydrogens is 347 g/mol. The molecule has 0 saturated carbocycles. The van der Waals surface area contributed by atoms with Crippen molar-refractivity contribution in [3.05, 3.63) is 56.5 Å². The molecule has 2 heterocycles. The van der Waals surface area contributed by atoms with Gasteiger partial charge in [-0.05, 0) is 30.5 Å². The number of nitriles is 1. The van der Waals surface area contributed by atoms with Gasteiger partial charge >= 0.3 is 0 Å². The van der Waals surface area contributed by atoms with Crippen LogP contribution in [0.1, 0.15) is 42.5 Å². The standard InChI is InChI=1S/C17H16Cl2N4O/c1-2-3-4-13-15-14(10-6-5-9(18)7-12(10)19)11(8-20)16(21)24-17(15)23-22-13/h5-7,14H,2-4,21H2,1H3,(H,22,23)/t14-/m0/s1. The number of halogens is 2. The Morgan fingerprint density at radius 1 is 1.42 bits per heavy atom. The van der Waals surface area contributed by atoms with Gasteiger partial charge in [0.2, 0.25) is 11.8 Å².